The Bertz CT molecular complexity index is 610. The van der Waals surface area contributed by atoms with E-state index in [0.717, 1.165) is 5.56 Å². The summed E-state index contributed by atoms with van der Waals surface area (Å²) in [4.78, 5) is 10.6. The molecule has 1 N–H and O–H groups in total. The van der Waals surface area contributed by atoms with E-state index in [4.69, 9.17) is 9.84 Å². The van der Waals surface area contributed by atoms with E-state index in [9.17, 15) is 9.18 Å². The Labute approximate surface area is 115 Å². The first-order valence-corrected chi connectivity index (χ1v) is 6.12. The van der Waals surface area contributed by atoms with Crippen molar-refractivity contribution in [3.8, 4) is 11.1 Å². The minimum atomic E-state index is -1.05. The fourth-order valence-electron chi connectivity index (χ4n) is 1.85. The molecule has 2 rings (SSSR count). The summed E-state index contributed by atoms with van der Waals surface area (Å²) >= 11 is 0. The van der Waals surface area contributed by atoms with Gasteiger partial charge < -0.3 is 9.84 Å². The number of carboxylic acids is 1. The van der Waals surface area contributed by atoms with Crippen LogP contribution in [-0.2, 0) is 22.5 Å². The SMILES string of the molecule is COCCn1cc(-c2ccc(CC(=O)O)c(F)c2)cn1. The van der Waals surface area contributed by atoms with Crippen LogP contribution in [0.5, 0.6) is 0 Å². The van der Waals surface area contributed by atoms with Crippen LogP contribution in [-0.4, -0.2) is 34.6 Å². The first-order valence-electron chi connectivity index (χ1n) is 6.12. The summed E-state index contributed by atoms with van der Waals surface area (Å²) in [6.07, 6.45) is 3.12. The fourth-order valence-corrected chi connectivity index (χ4v) is 1.85. The zero-order chi connectivity index (χ0) is 14.5. The van der Waals surface area contributed by atoms with E-state index < -0.39 is 11.8 Å². The fraction of sp³-hybridized carbons (Fsp3) is 0.286. The third-order valence-corrected chi connectivity index (χ3v) is 2.89. The van der Waals surface area contributed by atoms with Crippen LogP contribution >= 0.6 is 0 Å². The van der Waals surface area contributed by atoms with Crippen LogP contribution in [0.25, 0.3) is 11.1 Å². The van der Waals surface area contributed by atoms with Gasteiger partial charge in [0.2, 0.25) is 0 Å². The molecule has 0 unspecified atom stereocenters. The molecule has 0 amide bonds. The molecule has 6 heteroatoms. The third kappa shape index (κ3) is 3.42. The lowest BCUT2D eigenvalue weighted by molar-refractivity contribution is -0.136. The molecule has 106 valence electrons. The molecule has 5 nitrogen and oxygen atoms in total. The average Bonchev–Trinajstić information content (AvgIpc) is 2.87. The van der Waals surface area contributed by atoms with Crippen molar-refractivity contribution < 1.29 is 19.0 Å². The quantitative estimate of drug-likeness (QED) is 0.877. The lowest BCUT2D eigenvalue weighted by Gasteiger charge is -2.03. The van der Waals surface area contributed by atoms with E-state index in [2.05, 4.69) is 5.10 Å². The second kappa shape index (κ2) is 6.29. The van der Waals surface area contributed by atoms with Crippen LogP contribution in [0.2, 0.25) is 0 Å². The highest BCUT2D eigenvalue weighted by molar-refractivity contribution is 5.71. The van der Waals surface area contributed by atoms with Crippen LogP contribution < -0.4 is 0 Å². The number of hydrogen-bond acceptors (Lipinski definition) is 3. The minimum Gasteiger partial charge on any atom is -0.481 e. The van der Waals surface area contributed by atoms with Gasteiger partial charge in [-0.15, -0.1) is 0 Å². The first-order chi connectivity index (χ1) is 9.60. The van der Waals surface area contributed by atoms with Crippen LogP contribution in [0.1, 0.15) is 5.56 Å². The summed E-state index contributed by atoms with van der Waals surface area (Å²) in [5.41, 5.74) is 1.62. The largest absolute Gasteiger partial charge is 0.481 e. The Hall–Kier alpha value is -2.21. The van der Waals surface area contributed by atoms with Gasteiger partial charge in [0.25, 0.3) is 0 Å². The molecule has 0 aliphatic carbocycles. The molecule has 0 saturated carbocycles. The Kier molecular flexibility index (Phi) is 4.47. The van der Waals surface area contributed by atoms with Gasteiger partial charge in [0.1, 0.15) is 5.82 Å². The average molecular weight is 278 g/mol. The summed E-state index contributed by atoms with van der Waals surface area (Å²) in [6.45, 7) is 1.17. The second-order valence-corrected chi connectivity index (χ2v) is 4.36. The summed E-state index contributed by atoms with van der Waals surface area (Å²) in [5, 5.41) is 12.8. The van der Waals surface area contributed by atoms with Crippen LogP contribution in [0.4, 0.5) is 4.39 Å². The lowest BCUT2D eigenvalue weighted by Crippen LogP contribution is -2.03. The molecule has 0 spiro atoms. The summed E-state index contributed by atoms with van der Waals surface area (Å²) in [5.74, 6) is -1.57. The number of carboxylic acid groups (broad SMARTS) is 1. The number of benzene rings is 1. The van der Waals surface area contributed by atoms with E-state index in [1.807, 2.05) is 0 Å². The number of aromatic nitrogens is 2. The Morgan fingerprint density at radius 1 is 1.45 bits per heavy atom. The van der Waals surface area contributed by atoms with E-state index >= 15 is 0 Å². The van der Waals surface area contributed by atoms with Crippen molar-refractivity contribution in [1.82, 2.24) is 9.78 Å². The minimum absolute atomic E-state index is 0.174. The van der Waals surface area contributed by atoms with Gasteiger partial charge in [0, 0.05) is 18.9 Å². The van der Waals surface area contributed by atoms with Crippen molar-refractivity contribution in [1.29, 1.82) is 0 Å². The zero-order valence-electron chi connectivity index (χ0n) is 11.0. The highest BCUT2D eigenvalue weighted by Gasteiger charge is 2.09. The molecule has 20 heavy (non-hydrogen) atoms. The van der Waals surface area contributed by atoms with Crippen LogP contribution in [0, 0.1) is 5.82 Å². The number of halogens is 1. The normalized spacial score (nSPS) is 10.7. The number of ether oxygens (including phenoxy) is 1. The second-order valence-electron chi connectivity index (χ2n) is 4.36. The third-order valence-electron chi connectivity index (χ3n) is 2.89. The van der Waals surface area contributed by atoms with Gasteiger partial charge in [-0.2, -0.15) is 5.10 Å². The highest BCUT2D eigenvalue weighted by Crippen LogP contribution is 2.21. The van der Waals surface area contributed by atoms with Crippen LogP contribution in [0.3, 0.4) is 0 Å². The molecule has 1 aromatic carbocycles. The first kappa shape index (κ1) is 14.2. The van der Waals surface area contributed by atoms with E-state index in [0.29, 0.717) is 18.7 Å². The number of carbonyl (C=O) groups is 1. The van der Waals surface area contributed by atoms with Crippen molar-refractivity contribution in [2.75, 3.05) is 13.7 Å². The summed E-state index contributed by atoms with van der Waals surface area (Å²) in [6, 6.07) is 4.51. The molecular formula is C14H15FN2O3. The topological polar surface area (TPSA) is 64.3 Å². The monoisotopic (exact) mass is 278 g/mol. The molecule has 0 fully saturated rings. The van der Waals surface area contributed by atoms with E-state index in [-0.39, 0.29) is 12.0 Å². The predicted molar refractivity (Wildman–Crippen MR) is 70.8 cm³/mol. The number of rotatable bonds is 6. The Balaban J connectivity index is 2.18. The van der Waals surface area contributed by atoms with Gasteiger partial charge in [-0.05, 0) is 17.2 Å². The molecule has 1 heterocycles. The van der Waals surface area contributed by atoms with Crippen molar-refractivity contribution in [3.05, 3.63) is 42.0 Å². The number of nitrogens with zero attached hydrogens (tertiary/aromatic N) is 2. The maximum atomic E-state index is 13.8. The van der Waals surface area contributed by atoms with Crippen molar-refractivity contribution in [2.45, 2.75) is 13.0 Å². The summed E-state index contributed by atoms with van der Waals surface area (Å²) in [7, 11) is 1.61. The molecule has 1 aromatic heterocycles. The standard InChI is InChI=1S/C14H15FN2O3/c1-20-5-4-17-9-12(8-16-17)10-2-3-11(7-14(18)19)13(15)6-10/h2-3,6,8-9H,4-5,7H2,1H3,(H,18,19). The van der Waals surface area contributed by atoms with Gasteiger partial charge >= 0.3 is 5.97 Å². The predicted octanol–water partition coefficient (Wildman–Crippen LogP) is 1.96. The Morgan fingerprint density at radius 3 is 2.90 bits per heavy atom. The highest BCUT2D eigenvalue weighted by atomic mass is 19.1. The summed E-state index contributed by atoms with van der Waals surface area (Å²) < 4.78 is 20.5. The van der Waals surface area contributed by atoms with Crippen molar-refractivity contribution >= 4 is 5.97 Å². The van der Waals surface area contributed by atoms with E-state index in [1.165, 1.54) is 12.1 Å². The molecule has 0 radical (unpaired) electrons. The zero-order valence-corrected chi connectivity index (χ0v) is 11.0. The van der Waals surface area contributed by atoms with E-state index in [1.54, 1.807) is 30.3 Å². The number of hydrogen-bond donors (Lipinski definition) is 1. The molecule has 0 atom stereocenters. The van der Waals surface area contributed by atoms with Crippen molar-refractivity contribution in [2.24, 2.45) is 0 Å². The molecule has 0 bridgehead atoms. The Morgan fingerprint density at radius 2 is 2.25 bits per heavy atom. The molecular weight excluding hydrogens is 263 g/mol. The van der Waals surface area contributed by atoms with Crippen molar-refractivity contribution in [3.63, 3.8) is 0 Å². The van der Waals surface area contributed by atoms with Gasteiger partial charge in [0.15, 0.2) is 0 Å². The molecule has 2 aromatic rings. The number of aliphatic carboxylic acids is 1. The van der Waals surface area contributed by atoms with Crippen LogP contribution in [0.15, 0.2) is 30.6 Å². The smallest absolute Gasteiger partial charge is 0.307 e. The lowest BCUT2D eigenvalue weighted by atomic mass is 10.0. The molecule has 0 aliphatic rings. The molecule has 0 aliphatic heterocycles. The maximum Gasteiger partial charge on any atom is 0.307 e. The molecule has 0 saturated heterocycles. The van der Waals surface area contributed by atoms with Gasteiger partial charge in [-0.25, -0.2) is 4.39 Å². The number of methoxy groups -OCH3 is 1. The maximum absolute atomic E-state index is 13.8. The van der Waals surface area contributed by atoms with Gasteiger partial charge in [0.05, 0.1) is 25.8 Å². The van der Waals surface area contributed by atoms with Gasteiger partial charge in [-0.1, -0.05) is 12.1 Å². The van der Waals surface area contributed by atoms with Gasteiger partial charge in [-0.3, -0.25) is 9.48 Å².